The first-order valence-electron chi connectivity index (χ1n) is 9.56. The van der Waals surface area contributed by atoms with Gasteiger partial charge in [-0.05, 0) is 74.7 Å². The second-order valence-electron chi connectivity index (χ2n) is 8.25. The lowest BCUT2D eigenvalue weighted by molar-refractivity contribution is 0.505. The molecule has 1 unspecified atom stereocenters. The number of hydrogen-bond acceptors (Lipinski definition) is 0. The summed E-state index contributed by atoms with van der Waals surface area (Å²) in [6, 6.07) is 16.1. The first-order chi connectivity index (χ1) is 12.6. The van der Waals surface area contributed by atoms with E-state index in [0.29, 0.717) is 11.8 Å². The highest BCUT2D eigenvalue weighted by molar-refractivity contribution is 14.1. The van der Waals surface area contributed by atoms with Crippen molar-refractivity contribution >= 4 is 22.6 Å². The van der Waals surface area contributed by atoms with E-state index in [4.69, 9.17) is 0 Å². The van der Waals surface area contributed by atoms with Gasteiger partial charge in [-0.2, -0.15) is 0 Å². The Bertz CT molecular complexity index is 987. The molecule has 0 heterocycles. The second-order valence-corrected chi connectivity index (χ2v) is 9.41. The average molecular weight is 450 g/mol. The summed E-state index contributed by atoms with van der Waals surface area (Å²) in [6.07, 6.45) is 11.9. The molecule has 0 radical (unpaired) electrons. The van der Waals surface area contributed by atoms with Crippen molar-refractivity contribution in [1.82, 2.24) is 0 Å². The predicted octanol–water partition coefficient (Wildman–Crippen LogP) is 7.30. The SMILES string of the molecule is CC1(C)c2ccccc2-c2ccc(C3C=CC(I)=C4C=CCC[C@@H]43)cc21. The molecule has 2 aromatic carbocycles. The maximum absolute atomic E-state index is 2.50. The minimum atomic E-state index is 0.0832. The predicted molar refractivity (Wildman–Crippen MR) is 119 cm³/mol. The van der Waals surface area contributed by atoms with Crippen molar-refractivity contribution in [2.24, 2.45) is 5.92 Å². The van der Waals surface area contributed by atoms with Gasteiger partial charge in [0.05, 0.1) is 0 Å². The Morgan fingerprint density at radius 2 is 1.77 bits per heavy atom. The smallest absolute Gasteiger partial charge is 0.0162 e. The quantitative estimate of drug-likeness (QED) is 0.400. The zero-order valence-corrected chi connectivity index (χ0v) is 17.5. The van der Waals surface area contributed by atoms with E-state index >= 15 is 0 Å². The molecule has 0 amide bonds. The van der Waals surface area contributed by atoms with E-state index in [9.17, 15) is 0 Å². The highest BCUT2D eigenvalue weighted by Gasteiger charge is 2.36. The van der Waals surface area contributed by atoms with Crippen LogP contribution in [-0.2, 0) is 5.41 Å². The van der Waals surface area contributed by atoms with Crippen molar-refractivity contribution in [2.45, 2.75) is 38.0 Å². The molecule has 0 fully saturated rings. The molecule has 0 aromatic heterocycles. The van der Waals surface area contributed by atoms with Crippen molar-refractivity contribution in [2.75, 3.05) is 0 Å². The van der Waals surface area contributed by atoms with Crippen LogP contribution in [0.25, 0.3) is 11.1 Å². The number of fused-ring (bicyclic) bond motifs is 4. The van der Waals surface area contributed by atoms with Crippen LogP contribution < -0.4 is 0 Å². The van der Waals surface area contributed by atoms with Gasteiger partial charge in [-0.3, -0.25) is 0 Å². The number of benzene rings is 2. The normalized spacial score (nSPS) is 25.0. The largest absolute Gasteiger partial charge is 0.0842 e. The number of allylic oxidation sites excluding steroid dienone is 6. The van der Waals surface area contributed by atoms with Gasteiger partial charge in [0.1, 0.15) is 0 Å². The Kier molecular flexibility index (Phi) is 3.79. The van der Waals surface area contributed by atoms with Crippen LogP contribution in [0.3, 0.4) is 0 Å². The molecule has 0 saturated heterocycles. The van der Waals surface area contributed by atoms with Gasteiger partial charge >= 0.3 is 0 Å². The minimum Gasteiger partial charge on any atom is -0.0842 e. The first-order valence-corrected chi connectivity index (χ1v) is 10.6. The Balaban J connectivity index is 1.61. The Morgan fingerprint density at radius 1 is 0.962 bits per heavy atom. The van der Waals surface area contributed by atoms with Gasteiger partial charge in [0.2, 0.25) is 0 Å². The third kappa shape index (κ3) is 2.32. The average Bonchev–Trinajstić information content (AvgIpc) is 2.90. The lowest BCUT2D eigenvalue weighted by atomic mass is 9.72. The first kappa shape index (κ1) is 16.6. The highest BCUT2D eigenvalue weighted by atomic mass is 127. The zero-order valence-electron chi connectivity index (χ0n) is 15.3. The molecular weight excluding hydrogens is 427 g/mol. The van der Waals surface area contributed by atoms with Crippen LogP contribution in [0.1, 0.15) is 49.3 Å². The summed E-state index contributed by atoms with van der Waals surface area (Å²) in [4.78, 5) is 0. The zero-order chi connectivity index (χ0) is 17.9. The molecular formula is C25H23I. The van der Waals surface area contributed by atoms with Crippen LogP contribution in [0.5, 0.6) is 0 Å². The maximum atomic E-state index is 2.50. The molecule has 5 rings (SSSR count). The van der Waals surface area contributed by atoms with Crippen molar-refractivity contribution in [3.8, 4) is 11.1 Å². The monoisotopic (exact) mass is 450 g/mol. The third-order valence-electron chi connectivity index (χ3n) is 6.49. The van der Waals surface area contributed by atoms with Gasteiger partial charge in [0.15, 0.2) is 0 Å². The van der Waals surface area contributed by atoms with E-state index in [1.54, 1.807) is 0 Å². The lowest BCUT2D eigenvalue weighted by Gasteiger charge is -2.33. The van der Waals surface area contributed by atoms with Crippen LogP contribution in [-0.4, -0.2) is 0 Å². The van der Waals surface area contributed by atoms with Crippen molar-refractivity contribution in [1.29, 1.82) is 0 Å². The number of rotatable bonds is 1. The molecule has 2 aromatic rings. The van der Waals surface area contributed by atoms with Gasteiger partial charge in [-0.1, -0.05) is 80.6 Å². The van der Waals surface area contributed by atoms with E-state index < -0.39 is 0 Å². The fourth-order valence-electron chi connectivity index (χ4n) is 5.09. The highest BCUT2D eigenvalue weighted by Crippen LogP contribution is 2.51. The van der Waals surface area contributed by atoms with Crippen molar-refractivity contribution in [3.05, 3.63) is 92.6 Å². The van der Waals surface area contributed by atoms with E-state index in [2.05, 4.69) is 103 Å². The lowest BCUT2D eigenvalue weighted by Crippen LogP contribution is -2.20. The molecule has 2 atom stereocenters. The fourth-order valence-corrected chi connectivity index (χ4v) is 5.87. The van der Waals surface area contributed by atoms with Crippen LogP contribution in [0.15, 0.2) is 75.9 Å². The summed E-state index contributed by atoms with van der Waals surface area (Å²) in [5.41, 5.74) is 8.87. The molecule has 0 saturated carbocycles. The fraction of sp³-hybridized carbons (Fsp3) is 0.280. The molecule has 130 valence electrons. The van der Waals surface area contributed by atoms with Crippen LogP contribution in [0.2, 0.25) is 0 Å². The van der Waals surface area contributed by atoms with Gasteiger partial charge in [-0.25, -0.2) is 0 Å². The van der Waals surface area contributed by atoms with Crippen molar-refractivity contribution in [3.63, 3.8) is 0 Å². The minimum absolute atomic E-state index is 0.0832. The van der Waals surface area contributed by atoms with E-state index in [-0.39, 0.29) is 5.41 Å². The molecule has 1 heteroatoms. The summed E-state index contributed by atoms with van der Waals surface area (Å²) in [5, 5.41) is 0. The topological polar surface area (TPSA) is 0 Å². The standard InChI is InChI=1S/C25H23I/c1-25(2)22-10-6-5-8-19(22)20-12-11-16(15-23(20)25)17-13-14-24(26)21-9-4-3-7-18(17)21/h4-6,8-15,17-18H,3,7H2,1-2H3/t17?,18-/m1/s1. The van der Waals surface area contributed by atoms with E-state index in [1.165, 1.54) is 49.8 Å². The van der Waals surface area contributed by atoms with Gasteiger partial charge in [-0.15, -0.1) is 0 Å². The Hall–Kier alpha value is -1.61. The molecule has 0 bridgehead atoms. The van der Waals surface area contributed by atoms with Gasteiger partial charge < -0.3 is 0 Å². The van der Waals surface area contributed by atoms with Crippen LogP contribution in [0.4, 0.5) is 0 Å². The molecule has 26 heavy (non-hydrogen) atoms. The molecule has 0 N–H and O–H groups in total. The van der Waals surface area contributed by atoms with Gasteiger partial charge in [0, 0.05) is 14.9 Å². The summed E-state index contributed by atoms with van der Waals surface area (Å²) in [6.45, 7) is 4.74. The summed E-state index contributed by atoms with van der Waals surface area (Å²) in [7, 11) is 0. The maximum Gasteiger partial charge on any atom is 0.0162 e. The summed E-state index contributed by atoms with van der Waals surface area (Å²) in [5.74, 6) is 1.13. The number of hydrogen-bond donors (Lipinski definition) is 0. The van der Waals surface area contributed by atoms with Crippen LogP contribution in [0, 0.1) is 5.92 Å². The molecule has 3 aliphatic rings. The van der Waals surface area contributed by atoms with E-state index in [0.717, 1.165) is 0 Å². The summed E-state index contributed by atoms with van der Waals surface area (Å²) >= 11 is 2.50. The van der Waals surface area contributed by atoms with Crippen LogP contribution >= 0.6 is 22.6 Å². The molecule has 0 aliphatic heterocycles. The Labute approximate surface area is 169 Å². The summed E-state index contributed by atoms with van der Waals surface area (Å²) < 4.78 is 1.41. The second kappa shape index (κ2) is 5.95. The number of halogens is 1. The molecule has 0 nitrogen and oxygen atoms in total. The Morgan fingerprint density at radius 3 is 2.65 bits per heavy atom. The molecule has 0 spiro atoms. The van der Waals surface area contributed by atoms with E-state index in [1.807, 2.05) is 0 Å². The van der Waals surface area contributed by atoms with Gasteiger partial charge in [0.25, 0.3) is 0 Å². The van der Waals surface area contributed by atoms with Crippen molar-refractivity contribution < 1.29 is 0 Å². The molecule has 3 aliphatic carbocycles. The third-order valence-corrected chi connectivity index (χ3v) is 7.48.